The zero-order valence-electron chi connectivity index (χ0n) is 14.9. The molecular formula is C20H21N3O2S. The monoisotopic (exact) mass is 367 g/mol. The Labute approximate surface area is 157 Å². The Morgan fingerprint density at radius 1 is 1.27 bits per heavy atom. The largest absolute Gasteiger partial charge is 0.494 e. The van der Waals surface area contributed by atoms with Crippen LogP contribution >= 0.6 is 11.8 Å². The lowest BCUT2D eigenvalue weighted by Crippen LogP contribution is -2.05. The fourth-order valence-corrected chi connectivity index (χ4v) is 4.02. The highest BCUT2D eigenvalue weighted by molar-refractivity contribution is 7.98. The van der Waals surface area contributed by atoms with Gasteiger partial charge >= 0.3 is 0 Å². The van der Waals surface area contributed by atoms with Crippen LogP contribution in [0.25, 0.3) is 5.69 Å². The molecule has 0 radical (unpaired) electrons. The van der Waals surface area contributed by atoms with E-state index in [1.165, 1.54) is 5.56 Å². The molecular weight excluding hydrogens is 346 g/mol. The number of hydrogen-bond acceptors (Lipinski definition) is 5. The molecule has 6 heteroatoms. The van der Waals surface area contributed by atoms with E-state index in [2.05, 4.69) is 29.3 Å². The van der Waals surface area contributed by atoms with E-state index in [9.17, 15) is 0 Å². The summed E-state index contributed by atoms with van der Waals surface area (Å²) in [5.41, 5.74) is 3.39. The Morgan fingerprint density at radius 3 is 2.92 bits per heavy atom. The van der Waals surface area contributed by atoms with Gasteiger partial charge in [-0.05, 0) is 38.1 Å². The first-order chi connectivity index (χ1) is 12.7. The summed E-state index contributed by atoms with van der Waals surface area (Å²) in [5.74, 6) is 2.65. The van der Waals surface area contributed by atoms with E-state index in [-0.39, 0.29) is 6.10 Å². The van der Waals surface area contributed by atoms with E-state index in [1.54, 1.807) is 18.1 Å². The summed E-state index contributed by atoms with van der Waals surface area (Å²) in [7, 11) is 0. The SMILES string of the molecule is CCOc1cc2c(cc1CSc1nncn1-c1ccccc1)OC(C)C2. The molecule has 2 heterocycles. The van der Waals surface area contributed by atoms with Crippen molar-refractivity contribution in [2.45, 2.75) is 37.3 Å². The number of benzene rings is 2. The second-order valence-corrected chi connectivity index (χ2v) is 7.18. The first kappa shape index (κ1) is 17.0. The summed E-state index contributed by atoms with van der Waals surface area (Å²) < 4.78 is 13.8. The van der Waals surface area contributed by atoms with E-state index in [4.69, 9.17) is 9.47 Å². The average Bonchev–Trinajstić information content (AvgIpc) is 3.26. The topological polar surface area (TPSA) is 49.2 Å². The molecule has 0 saturated carbocycles. The van der Waals surface area contributed by atoms with Crippen molar-refractivity contribution in [3.8, 4) is 17.2 Å². The molecule has 1 aliphatic heterocycles. The maximum atomic E-state index is 5.91. The first-order valence-corrected chi connectivity index (χ1v) is 9.76. The van der Waals surface area contributed by atoms with E-state index >= 15 is 0 Å². The molecule has 0 saturated heterocycles. The maximum absolute atomic E-state index is 5.91. The van der Waals surface area contributed by atoms with Crippen molar-refractivity contribution in [3.05, 3.63) is 59.9 Å². The van der Waals surface area contributed by atoms with Crippen LogP contribution < -0.4 is 9.47 Å². The van der Waals surface area contributed by atoms with Gasteiger partial charge in [-0.3, -0.25) is 4.57 Å². The predicted molar refractivity (Wildman–Crippen MR) is 102 cm³/mol. The van der Waals surface area contributed by atoms with Crippen molar-refractivity contribution < 1.29 is 9.47 Å². The highest BCUT2D eigenvalue weighted by Crippen LogP contribution is 2.37. The second-order valence-electron chi connectivity index (χ2n) is 6.24. The minimum atomic E-state index is 0.226. The molecule has 0 N–H and O–H groups in total. The van der Waals surface area contributed by atoms with Crippen molar-refractivity contribution in [2.24, 2.45) is 0 Å². The van der Waals surface area contributed by atoms with Gasteiger partial charge in [0.05, 0.1) is 6.61 Å². The van der Waals surface area contributed by atoms with Crippen molar-refractivity contribution >= 4 is 11.8 Å². The molecule has 5 nitrogen and oxygen atoms in total. The van der Waals surface area contributed by atoms with Crippen molar-refractivity contribution in [3.63, 3.8) is 0 Å². The Bertz CT molecular complexity index is 895. The summed E-state index contributed by atoms with van der Waals surface area (Å²) >= 11 is 1.64. The van der Waals surface area contributed by atoms with Crippen LogP contribution in [0.1, 0.15) is 25.0 Å². The summed E-state index contributed by atoms with van der Waals surface area (Å²) in [5, 5.41) is 9.20. The van der Waals surface area contributed by atoms with Crippen LogP contribution in [0.5, 0.6) is 11.5 Å². The molecule has 1 atom stereocenters. The van der Waals surface area contributed by atoms with E-state index in [0.717, 1.165) is 40.1 Å². The lowest BCUT2D eigenvalue weighted by atomic mass is 10.1. The third-order valence-electron chi connectivity index (χ3n) is 4.29. The van der Waals surface area contributed by atoms with Gasteiger partial charge in [-0.25, -0.2) is 0 Å². The van der Waals surface area contributed by atoms with Gasteiger partial charge in [-0.2, -0.15) is 0 Å². The third kappa shape index (κ3) is 3.42. The van der Waals surface area contributed by atoms with Gasteiger partial charge < -0.3 is 9.47 Å². The quantitative estimate of drug-likeness (QED) is 0.609. The normalized spacial score (nSPS) is 15.5. The highest BCUT2D eigenvalue weighted by Gasteiger charge is 2.22. The van der Waals surface area contributed by atoms with Crippen LogP contribution in [0.4, 0.5) is 0 Å². The summed E-state index contributed by atoms with van der Waals surface area (Å²) in [6, 6.07) is 14.3. The van der Waals surface area contributed by atoms with Gasteiger partial charge in [0.2, 0.25) is 0 Å². The number of hydrogen-bond donors (Lipinski definition) is 0. The molecule has 2 aromatic carbocycles. The van der Waals surface area contributed by atoms with E-state index < -0.39 is 0 Å². The number of fused-ring (bicyclic) bond motifs is 1. The number of nitrogens with zero attached hydrogens (tertiary/aromatic N) is 3. The van der Waals surface area contributed by atoms with Gasteiger partial charge in [-0.15, -0.1) is 10.2 Å². The lowest BCUT2D eigenvalue weighted by molar-refractivity contribution is 0.254. The number of thioether (sulfide) groups is 1. The van der Waals surface area contributed by atoms with E-state index in [0.29, 0.717) is 6.61 Å². The number of rotatable bonds is 6. The standard InChI is InChI=1S/C20H21N3O2S/c1-3-24-18-10-15-9-14(2)25-19(15)11-16(18)12-26-20-22-21-13-23(20)17-7-5-4-6-8-17/h4-8,10-11,13-14H,3,9,12H2,1-2H3. The number of aromatic nitrogens is 3. The van der Waals surface area contributed by atoms with Crippen molar-refractivity contribution in [1.29, 1.82) is 0 Å². The van der Waals surface area contributed by atoms with Crippen molar-refractivity contribution in [2.75, 3.05) is 6.61 Å². The molecule has 1 aliphatic rings. The van der Waals surface area contributed by atoms with E-state index in [1.807, 2.05) is 41.8 Å². The molecule has 4 rings (SSSR count). The van der Waals surface area contributed by atoms with Crippen LogP contribution in [-0.2, 0) is 12.2 Å². The van der Waals surface area contributed by atoms with Crippen LogP contribution in [0, 0.1) is 0 Å². The van der Waals surface area contributed by atoms with Gasteiger partial charge in [-0.1, -0.05) is 30.0 Å². The lowest BCUT2D eigenvalue weighted by Gasteiger charge is -2.12. The molecule has 0 spiro atoms. The van der Waals surface area contributed by atoms with Gasteiger partial charge in [0.25, 0.3) is 0 Å². The summed E-state index contributed by atoms with van der Waals surface area (Å²) in [4.78, 5) is 0. The molecule has 0 bridgehead atoms. The molecule has 1 unspecified atom stereocenters. The average molecular weight is 367 g/mol. The summed E-state index contributed by atoms with van der Waals surface area (Å²) in [6.07, 6.45) is 2.91. The Balaban J connectivity index is 1.57. The summed E-state index contributed by atoms with van der Waals surface area (Å²) in [6.45, 7) is 4.75. The number of para-hydroxylation sites is 1. The Morgan fingerprint density at radius 2 is 2.12 bits per heavy atom. The number of ether oxygens (including phenoxy) is 2. The molecule has 0 aliphatic carbocycles. The molecule has 134 valence electrons. The molecule has 26 heavy (non-hydrogen) atoms. The molecule has 0 fully saturated rings. The third-order valence-corrected chi connectivity index (χ3v) is 5.28. The first-order valence-electron chi connectivity index (χ1n) is 8.78. The van der Waals surface area contributed by atoms with Gasteiger partial charge in [0.15, 0.2) is 5.16 Å². The van der Waals surface area contributed by atoms with Crippen LogP contribution in [-0.4, -0.2) is 27.5 Å². The smallest absolute Gasteiger partial charge is 0.195 e. The van der Waals surface area contributed by atoms with Gasteiger partial charge in [0, 0.05) is 29.0 Å². The molecule has 1 aromatic heterocycles. The Kier molecular flexibility index (Phi) is 4.84. The predicted octanol–water partition coefficient (Wildman–Crippen LogP) is 4.28. The van der Waals surface area contributed by atoms with Crippen LogP contribution in [0.3, 0.4) is 0 Å². The fourth-order valence-electron chi connectivity index (χ4n) is 3.11. The Hall–Kier alpha value is -2.47. The second kappa shape index (κ2) is 7.41. The highest BCUT2D eigenvalue weighted by atomic mass is 32.2. The fraction of sp³-hybridized carbons (Fsp3) is 0.300. The minimum Gasteiger partial charge on any atom is -0.494 e. The maximum Gasteiger partial charge on any atom is 0.195 e. The molecule has 3 aromatic rings. The molecule has 0 amide bonds. The zero-order valence-corrected chi connectivity index (χ0v) is 15.7. The minimum absolute atomic E-state index is 0.226. The van der Waals surface area contributed by atoms with Gasteiger partial charge in [0.1, 0.15) is 23.9 Å². The zero-order chi connectivity index (χ0) is 17.9. The van der Waals surface area contributed by atoms with Crippen LogP contribution in [0.15, 0.2) is 53.9 Å². The van der Waals surface area contributed by atoms with Crippen molar-refractivity contribution in [1.82, 2.24) is 14.8 Å². The van der Waals surface area contributed by atoms with Crippen LogP contribution in [0.2, 0.25) is 0 Å².